The standard InChI is InChI=1S/C7H12F2N2O2/c1-7(2,9)4(5(8)11-13)6(12)10-3/h4,13H,1-3H3,(H,10,12)/b11-5-. The number of alkyl halides is 1. The molecule has 0 heterocycles. The molecule has 0 aliphatic carbocycles. The van der Waals surface area contributed by atoms with E-state index < -0.39 is 23.5 Å². The maximum atomic E-state index is 13.2. The first-order chi connectivity index (χ1) is 5.84. The molecule has 0 fully saturated rings. The molecule has 0 aromatic carbocycles. The first-order valence-electron chi connectivity index (χ1n) is 3.62. The number of carbonyl (C=O) groups excluding carboxylic acids is 1. The molecule has 1 amide bonds. The van der Waals surface area contributed by atoms with Gasteiger partial charge < -0.3 is 10.5 Å². The molecule has 0 saturated heterocycles. The average Bonchev–Trinajstić information content (AvgIpc) is 2.01. The van der Waals surface area contributed by atoms with Crippen molar-refractivity contribution in [2.45, 2.75) is 19.5 Å². The summed E-state index contributed by atoms with van der Waals surface area (Å²) in [5, 5.41) is 12.3. The molecular formula is C7H12F2N2O2. The van der Waals surface area contributed by atoms with Crippen molar-refractivity contribution < 1.29 is 18.8 Å². The third-order valence-corrected chi connectivity index (χ3v) is 1.53. The van der Waals surface area contributed by atoms with Crippen molar-refractivity contribution in [2.75, 3.05) is 7.05 Å². The fourth-order valence-corrected chi connectivity index (χ4v) is 0.905. The molecule has 0 aliphatic heterocycles. The molecular weight excluding hydrogens is 182 g/mol. The van der Waals surface area contributed by atoms with Gasteiger partial charge in [-0.3, -0.25) is 4.79 Å². The van der Waals surface area contributed by atoms with E-state index in [9.17, 15) is 13.6 Å². The number of nitrogens with zero attached hydrogens (tertiary/aromatic N) is 1. The van der Waals surface area contributed by atoms with Crippen LogP contribution in [0.1, 0.15) is 13.8 Å². The van der Waals surface area contributed by atoms with Gasteiger partial charge in [0.05, 0.1) is 0 Å². The van der Waals surface area contributed by atoms with Crippen LogP contribution in [0.5, 0.6) is 0 Å². The highest BCUT2D eigenvalue weighted by Crippen LogP contribution is 2.23. The first kappa shape index (κ1) is 11.8. The number of rotatable bonds is 3. The lowest BCUT2D eigenvalue weighted by Crippen LogP contribution is -2.43. The Morgan fingerprint density at radius 2 is 2.08 bits per heavy atom. The molecule has 0 radical (unpaired) electrons. The Morgan fingerprint density at radius 1 is 1.62 bits per heavy atom. The van der Waals surface area contributed by atoms with Gasteiger partial charge in [-0.2, -0.15) is 4.39 Å². The van der Waals surface area contributed by atoms with E-state index in [1.54, 1.807) is 0 Å². The fourth-order valence-electron chi connectivity index (χ4n) is 0.905. The second kappa shape index (κ2) is 4.15. The average molecular weight is 194 g/mol. The van der Waals surface area contributed by atoms with Crippen molar-refractivity contribution in [1.29, 1.82) is 0 Å². The largest absolute Gasteiger partial charge is 0.409 e. The van der Waals surface area contributed by atoms with Crippen molar-refractivity contribution in [2.24, 2.45) is 11.1 Å². The second-order valence-electron chi connectivity index (χ2n) is 3.03. The van der Waals surface area contributed by atoms with E-state index in [-0.39, 0.29) is 0 Å². The normalized spacial score (nSPS) is 15.3. The molecule has 0 aromatic heterocycles. The van der Waals surface area contributed by atoms with E-state index in [1.165, 1.54) is 7.05 Å². The predicted molar refractivity (Wildman–Crippen MR) is 43.1 cm³/mol. The minimum absolute atomic E-state index is 0.872. The van der Waals surface area contributed by atoms with Crippen molar-refractivity contribution in [3.63, 3.8) is 0 Å². The van der Waals surface area contributed by atoms with Gasteiger partial charge in [0.25, 0.3) is 0 Å². The molecule has 4 nitrogen and oxygen atoms in total. The number of carbonyl (C=O) groups is 1. The lowest BCUT2D eigenvalue weighted by molar-refractivity contribution is -0.126. The third kappa shape index (κ3) is 2.96. The van der Waals surface area contributed by atoms with Gasteiger partial charge >= 0.3 is 0 Å². The number of nitrogens with one attached hydrogen (secondary N) is 1. The van der Waals surface area contributed by atoms with Crippen LogP contribution in [-0.4, -0.2) is 29.8 Å². The van der Waals surface area contributed by atoms with Crippen LogP contribution in [0.2, 0.25) is 0 Å². The van der Waals surface area contributed by atoms with Gasteiger partial charge in [-0.1, -0.05) is 5.16 Å². The minimum Gasteiger partial charge on any atom is -0.409 e. The number of amides is 1. The molecule has 6 heteroatoms. The molecule has 2 N–H and O–H groups in total. The van der Waals surface area contributed by atoms with Gasteiger partial charge in [0.1, 0.15) is 11.6 Å². The minimum atomic E-state index is -2.11. The fraction of sp³-hybridized carbons (Fsp3) is 0.714. The van der Waals surface area contributed by atoms with Crippen molar-refractivity contribution in [3.05, 3.63) is 0 Å². The highest BCUT2D eigenvalue weighted by atomic mass is 19.2. The Kier molecular flexibility index (Phi) is 3.77. The molecule has 0 saturated carbocycles. The summed E-state index contributed by atoms with van der Waals surface area (Å²) in [5.41, 5.74) is -2.11. The van der Waals surface area contributed by atoms with Gasteiger partial charge in [-0.15, -0.1) is 0 Å². The van der Waals surface area contributed by atoms with Crippen molar-refractivity contribution >= 4 is 11.9 Å². The zero-order chi connectivity index (χ0) is 10.6. The SMILES string of the molecule is CNC(=O)C(/C(F)=N/O)C(C)(C)F. The predicted octanol–water partition coefficient (Wildman–Crippen LogP) is 0.854. The number of hydrogen-bond donors (Lipinski definition) is 2. The summed E-state index contributed by atoms with van der Waals surface area (Å²) in [5.74, 6) is -4.03. The lowest BCUT2D eigenvalue weighted by atomic mass is 9.92. The molecule has 1 unspecified atom stereocenters. The van der Waals surface area contributed by atoms with Crippen molar-refractivity contribution in [3.8, 4) is 0 Å². The Bertz CT molecular complexity index is 223. The van der Waals surface area contributed by atoms with Crippen LogP contribution in [0, 0.1) is 5.92 Å². The van der Waals surface area contributed by atoms with E-state index in [1.807, 2.05) is 0 Å². The molecule has 0 bridgehead atoms. The van der Waals surface area contributed by atoms with Crippen LogP contribution in [0.4, 0.5) is 8.78 Å². The maximum absolute atomic E-state index is 13.2. The summed E-state index contributed by atoms with van der Waals surface area (Å²) in [6, 6.07) is 0. The second-order valence-corrected chi connectivity index (χ2v) is 3.03. The van der Waals surface area contributed by atoms with Gasteiger partial charge in [0.15, 0.2) is 0 Å². The van der Waals surface area contributed by atoms with E-state index in [0.717, 1.165) is 13.8 Å². The Balaban J connectivity index is 4.88. The summed E-state index contributed by atoms with van der Waals surface area (Å²) in [6.45, 7) is 2.05. The Morgan fingerprint density at radius 3 is 2.31 bits per heavy atom. The number of halogens is 2. The van der Waals surface area contributed by atoms with Crippen LogP contribution >= 0.6 is 0 Å². The summed E-state index contributed by atoms with van der Waals surface area (Å²) in [7, 11) is 1.24. The van der Waals surface area contributed by atoms with E-state index in [2.05, 4.69) is 10.5 Å². The van der Waals surface area contributed by atoms with E-state index >= 15 is 0 Å². The molecule has 0 rings (SSSR count). The quantitative estimate of drug-likeness (QED) is 0.397. The highest BCUT2D eigenvalue weighted by Gasteiger charge is 2.40. The van der Waals surface area contributed by atoms with Gasteiger partial charge in [0, 0.05) is 7.05 Å². The molecule has 0 spiro atoms. The molecule has 1 atom stereocenters. The topological polar surface area (TPSA) is 61.7 Å². The summed E-state index contributed by atoms with van der Waals surface area (Å²) in [4.78, 5) is 11.0. The summed E-state index contributed by atoms with van der Waals surface area (Å²) < 4.78 is 26.0. The van der Waals surface area contributed by atoms with Crippen LogP contribution in [0.15, 0.2) is 5.16 Å². The lowest BCUT2D eigenvalue weighted by Gasteiger charge is -2.22. The maximum Gasteiger partial charge on any atom is 0.242 e. The van der Waals surface area contributed by atoms with Gasteiger partial charge in [0.2, 0.25) is 11.9 Å². The third-order valence-electron chi connectivity index (χ3n) is 1.53. The molecule has 0 aliphatic rings. The number of hydrogen-bond acceptors (Lipinski definition) is 3. The molecule has 0 aromatic rings. The monoisotopic (exact) mass is 194 g/mol. The summed E-state index contributed by atoms with van der Waals surface area (Å²) >= 11 is 0. The van der Waals surface area contributed by atoms with Crippen molar-refractivity contribution in [1.82, 2.24) is 5.32 Å². The smallest absolute Gasteiger partial charge is 0.242 e. The zero-order valence-electron chi connectivity index (χ0n) is 7.64. The van der Waals surface area contributed by atoms with Gasteiger partial charge in [-0.25, -0.2) is 4.39 Å². The molecule has 13 heavy (non-hydrogen) atoms. The Labute approximate surface area is 74.6 Å². The van der Waals surface area contributed by atoms with Crippen LogP contribution in [0.25, 0.3) is 0 Å². The van der Waals surface area contributed by atoms with Crippen LogP contribution in [0.3, 0.4) is 0 Å². The number of oxime groups is 1. The van der Waals surface area contributed by atoms with Crippen LogP contribution in [-0.2, 0) is 4.79 Å². The first-order valence-corrected chi connectivity index (χ1v) is 3.62. The highest BCUT2D eigenvalue weighted by molar-refractivity contribution is 6.00. The Hall–Kier alpha value is -1.20. The zero-order valence-corrected chi connectivity index (χ0v) is 7.64. The van der Waals surface area contributed by atoms with E-state index in [0.29, 0.717) is 0 Å². The van der Waals surface area contributed by atoms with Gasteiger partial charge in [-0.05, 0) is 13.8 Å². The summed E-state index contributed by atoms with van der Waals surface area (Å²) in [6.07, 6.45) is 0. The van der Waals surface area contributed by atoms with Crippen LogP contribution < -0.4 is 5.32 Å². The van der Waals surface area contributed by atoms with E-state index in [4.69, 9.17) is 5.21 Å². The molecule has 76 valence electrons.